The molecule has 0 aliphatic carbocycles. The number of unbranched alkanes of at least 4 members (excludes halogenated alkanes) is 6. The lowest BCUT2D eigenvalue weighted by Crippen LogP contribution is -2.35. The molecule has 3 aromatic rings. The van der Waals surface area contributed by atoms with Crippen LogP contribution in [0, 0.1) is 11.8 Å². The molecule has 0 aliphatic rings. The van der Waals surface area contributed by atoms with Gasteiger partial charge in [0.2, 0.25) is 0 Å². The fourth-order valence-electron chi connectivity index (χ4n) is 4.40. The van der Waals surface area contributed by atoms with Crippen LogP contribution in [0.1, 0.15) is 80.2 Å². The molecule has 0 saturated heterocycles. The minimum Gasteiger partial charge on any atom is -0.474 e. The number of carbonyl (C=O) groups excluding carboxylic acids is 1. The number of halogens is 3. The zero-order valence-electron chi connectivity index (χ0n) is 21.4. The Hall–Kier alpha value is -3.79. The second-order valence-corrected chi connectivity index (χ2v) is 9.29. The van der Waals surface area contributed by atoms with Gasteiger partial charge in [-0.15, -0.1) is 0 Å². The summed E-state index contributed by atoms with van der Waals surface area (Å²) in [4.78, 5) is 23.2. The van der Waals surface area contributed by atoms with Gasteiger partial charge in [0.25, 0.3) is 0 Å². The van der Waals surface area contributed by atoms with Gasteiger partial charge in [0.05, 0.1) is 11.6 Å². The van der Waals surface area contributed by atoms with Gasteiger partial charge in [0, 0.05) is 12.0 Å². The molecule has 2 N–H and O–H groups in total. The Morgan fingerprint density at radius 2 is 1.55 bits per heavy atom. The molecule has 0 fully saturated rings. The molecule has 1 amide bonds. The van der Waals surface area contributed by atoms with Crippen LogP contribution in [0.25, 0.3) is 10.8 Å². The van der Waals surface area contributed by atoms with Crippen LogP contribution in [-0.2, 0) is 22.2 Å². The molecule has 7 heteroatoms. The molecule has 38 heavy (non-hydrogen) atoms. The van der Waals surface area contributed by atoms with Crippen molar-refractivity contribution in [2.45, 2.75) is 70.5 Å². The molecule has 0 radical (unpaired) electrons. The van der Waals surface area contributed by atoms with E-state index in [4.69, 9.17) is 5.11 Å². The summed E-state index contributed by atoms with van der Waals surface area (Å²) in [6, 6.07) is 15.0. The van der Waals surface area contributed by atoms with Crippen LogP contribution >= 0.6 is 0 Å². The van der Waals surface area contributed by atoms with Crippen molar-refractivity contribution < 1.29 is 27.9 Å². The van der Waals surface area contributed by atoms with Crippen LogP contribution in [0.3, 0.4) is 0 Å². The van der Waals surface area contributed by atoms with Gasteiger partial charge in [-0.1, -0.05) is 93.3 Å². The second-order valence-electron chi connectivity index (χ2n) is 9.29. The third kappa shape index (κ3) is 8.11. The number of amides is 1. The Bertz CT molecular complexity index is 1300. The molecule has 0 bridgehead atoms. The third-order valence-electron chi connectivity index (χ3n) is 6.46. The van der Waals surface area contributed by atoms with E-state index < -0.39 is 29.7 Å². The maximum atomic E-state index is 13.0. The maximum absolute atomic E-state index is 13.0. The molecule has 0 aromatic heterocycles. The minimum absolute atomic E-state index is 0.191. The largest absolute Gasteiger partial charge is 0.474 e. The standard InChI is InChI=1S/C31H32F3NO3/c1-2-3-4-5-6-7-8-9-12-22-15-16-24(27-14-11-10-13-26(22)27)21-28(35-29(36)30(37)38)23-17-19-25(20-18-23)31(32,33)34/h10-11,13-20,28H,2-8,21H2,1H3,(H,35,36)(H,37,38). The molecule has 3 rings (SSSR count). The van der Waals surface area contributed by atoms with Crippen molar-refractivity contribution in [1.82, 2.24) is 5.32 Å². The molecule has 0 spiro atoms. The average Bonchev–Trinajstić information content (AvgIpc) is 2.90. The molecule has 3 aromatic carbocycles. The van der Waals surface area contributed by atoms with Gasteiger partial charge >= 0.3 is 18.1 Å². The molecule has 1 unspecified atom stereocenters. The summed E-state index contributed by atoms with van der Waals surface area (Å²) in [7, 11) is 0. The number of alkyl halides is 3. The lowest BCUT2D eigenvalue weighted by atomic mass is 9.92. The van der Waals surface area contributed by atoms with Crippen LogP contribution in [0.4, 0.5) is 13.2 Å². The number of aliphatic carboxylic acids is 1. The summed E-state index contributed by atoms with van der Waals surface area (Å²) in [5, 5.41) is 13.4. The van der Waals surface area contributed by atoms with Crippen LogP contribution < -0.4 is 5.32 Å². The molecular weight excluding hydrogens is 491 g/mol. The molecule has 0 aliphatic heterocycles. The van der Waals surface area contributed by atoms with Crippen molar-refractivity contribution in [3.8, 4) is 11.8 Å². The highest BCUT2D eigenvalue weighted by Crippen LogP contribution is 2.31. The molecule has 1 atom stereocenters. The van der Waals surface area contributed by atoms with Gasteiger partial charge in [-0.25, -0.2) is 4.79 Å². The second kappa shape index (κ2) is 13.7. The average molecular weight is 524 g/mol. The van der Waals surface area contributed by atoms with Gasteiger partial charge in [0.1, 0.15) is 0 Å². The zero-order valence-corrected chi connectivity index (χ0v) is 21.4. The number of hydrogen-bond acceptors (Lipinski definition) is 2. The van der Waals surface area contributed by atoms with E-state index in [1.165, 1.54) is 44.2 Å². The third-order valence-corrected chi connectivity index (χ3v) is 6.46. The molecule has 0 heterocycles. The van der Waals surface area contributed by atoms with Crippen molar-refractivity contribution in [3.05, 3.63) is 82.9 Å². The summed E-state index contributed by atoms with van der Waals surface area (Å²) in [6.45, 7) is 2.20. The van der Waals surface area contributed by atoms with E-state index >= 15 is 0 Å². The van der Waals surface area contributed by atoms with E-state index in [0.29, 0.717) is 5.56 Å². The van der Waals surface area contributed by atoms with Gasteiger partial charge in [0.15, 0.2) is 0 Å². The normalized spacial score (nSPS) is 12.0. The maximum Gasteiger partial charge on any atom is 0.416 e. The van der Waals surface area contributed by atoms with Crippen LogP contribution in [-0.4, -0.2) is 17.0 Å². The quantitative estimate of drug-likeness (QED) is 0.165. The van der Waals surface area contributed by atoms with Crippen molar-refractivity contribution >= 4 is 22.6 Å². The first-order valence-corrected chi connectivity index (χ1v) is 12.9. The number of carboxylic acids is 1. The highest BCUT2D eigenvalue weighted by Gasteiger charge is 2.30. The number of hydrogen-bond donors (Lipinski definition) is 2. The van der Waals surface area contributed by atoms with Crippen LogP contribution in [0.5, 0.6) is 0 Å². The fourth-order valence-corrected chi connectivity index (χ4v) is 4.40. The summed E-state index contributed by atoms with van der Waals surface area (Å²) in [6.07, 6.45) is 3.72. The summed E-state index contributed by atoms with van der Waals surface area (Å²) < 4.78 is 39.1. The van der Waals surface area contributed by atoms with E-state index in [9.17, 15) is 22.8 Å². The molecule has 4 nitrogen and oxygen atoms in total. The smallest absolute Gasteiger partial charge is 0.416 e. The van der Waals surface area contributed by atoms with Crippen molar-refractivity contribution in [3.63, 3.8) is 0 Å². The van der Waals surface area contributed by atoms with E-state index in [1.54, 1.807) is 0 Å². The Morgan fingerprint density at radius 1 is 0.895 bits per heavy atom. The lowest BCUT2D eigenvalue weighted by molar-refractivity contribution is -0.150. The fraction of sp³-hybridized carbons (Fsp3) is 0.355. The Kier molecular flexibility index (Phi) is 10.3. The summed E-state index contributed by atoms with van der Waals surface area (Å²) >= 11 is 0. The number of benzene rings is 3. The molecular formula is C31H32F3NO3. The summed E-state index contributed by atoms with van der Waals surface area (Å²) in [5.41, 5.74) is 1.24. The minimum atomic E-state index is -4.50. The van der Waals surface area contributed by atoms with Crippen molar-refractivity contribution in [1.29, 1.82) is 0 Å². The Morgan fingerprint density at radius 3 is 2.21 bits per heavy atom. The topological polar surface area (TPSA) is 66.4 Å². The van der Waals surface area contributed by atoms with Gasteiger partial charge < -0.3 is 10.4 Å². The van der Waals surface area contributed by atoms with E-state index in [1.807, 2.05) is 36.4 Å². The van der Waals surface area contributed by atoms with Gasteiger partial charge in [-0.2, -0.15) is 13.2 Å². The monoisotopic (exact) mass is 523 g/mol. The van der Waals surface area contributed by atoms with Gasteiger partial charge in [-0.05, 0) is 52.9 Å². The Balaban J connectivity index is 1.84. The SMILES string of the molecule is CCCCCCCCC#Cc1ccc(CC(NC(=O)C(=O)O)c2ccc(C(F)(F)F)cc2)c2ccccc12. The first kappa shape index (κ1) is 28.8. The number of carbonyl (C=O) groups is 2. The number of nitrogens with one attached hydrogen (secondary N) is 1. The van der Waals surface area contributed by atoms with E-state index in [2.05, 4.69) is 24.1 Å². The molecule has 200 valence electrons. The summed E-state index contributed by atoms with van der Waals surface area (Å²) in [5.74, 6) is 3.64. The highest BCUT2D eigenvalue weighted by molar-refractivity contribution is 6.31. The highest BCUT2D eigenvalue weighted by atomic mass is 19.4. The number of rotatable bonds is 10. The van der Waals surface area contributed by atoms with E-state index in [-0.39, 0.29) is 6.42 Å². The number of carboxylic acid groups (broad SMARTS) is 1. The predicted molar refractivity (Wildman–Crippen MR) is 142 cm³/mol. The molecule has 0 saturated carbocycles. The van der Waals surface area contributed by atoms with Crippen LogP contribution in [0.15, 0.2) is 60.7 Å². The number of fused-ring (bicyclic) bond motifs is 1. The zero-order chi connectivity index (χ0) is 27.5. The van der Waals surface area contributed by atoms with E-state index in [0.717, 1.165) is 46.9 Å². The lowest BCUT2D eigenvalue weighted by Gasteiger charge is -2.20. The van der Waals surface area contributed by atoms with Crippen molar-refractivity contribution in [2.24, 2.45) is 0 Å². The van der Waals surface area contributed by atoms with Crippen molar-refractivity contribution in [2.75, 3.05) is 0 Å². The first-order chi connectivity index (χ1) is 18.2. The van der Waals surface area contributed by atoms with Crippen LogP contribution in [0.2, 0.25) is 0 Å². The van der Waals surface area contributed by atoms with Gasteiger partial charge in [-0.3, -0.25) is 4.79 Å². The predicted octanol–water partition coefficient (Wildman–Crippen LogP) is 7.45. The Labute approximate surface area is 221 Å². The first-order valence-electron chi connectivity index (χ1n) is 12.9.